The highest BCUT2D eigenvalue weighted by atomic mass is 79.9. The molecule has 1 aliphatic rings. The Labute approximate surface area is 139 Å². The standard InChI is InChI=1S/C14H12BrClN2O2S/c15-9-5-13(21-8-9)14(19)18-4-2-10(7-18)20-12-1-3-17-6-11(12)16/h1,3,5-6,8,10H,2,4,7H2/t10-/m1/s1. The lowest BCUT2D eigenvalue weighted by molar-refractivity contribution is 0.0777. The Morgan fingerprint density at radius 1 is 1.57 bits per heavy atom. The molecule has 0 aliphatic carbocycles. The number of ether oxygens (including phenoxy) is 1. The Morgan fingerprint density at radius 3 is 3.14 bits per heavy atom. The highest BCUT2D eigenvalue weighted by Gasteiger charge is 2.29. The summed E-state index contributed by atoms with van der Waals surface area (Å²) in [6.45, 7) is 1.27. The van der Waals surface area contributed by atoms with Crippen LogP contribution in [0, 0.1) is 0 Å². The Kier molecular flexibility index (Phi) is 4.47. The molecule has 3 rings (SSSR count). The number of hydrogen-bond acceptors (Lipinski definition) is 4. The lowest BCUT2D eigenvalue weighted by atomic mass is 10.3. The van der Waals surface area contributed by atoms with Gasteiger partial charge >= 0.3 is 0 Å². The van der Waals surface area contributed by atoms with Crippen LogP contribution in [0.15, 0.2) is 34.4 Å². The average molecular weight is 388 g/mol. The molecule has 0 aromatic carbocycles. The predicted octanol–water partition coefficient (Wildman–Crippen LogP) is 3.85. The first kappa shape index (κ1) is 14.8. The molecular weight excluding hydrogens is 376 g/mol. The van der Waals surface area contributed by atoms with Gasteiger partial charge in [-0.05, 0) is 22.0 Å². The summed E-state index contributed by atoms with van der Waals surface area (Å²) in [6.07, 6.45) is 3.97. The van der Waals surface area contributed by atoms with E-state index in [2.05, 4.69) is 20.9 Å². The van der Waals surface area contributed by atoms with Crippen LogP contribution in [0.25, 0.3) is 0 Å². The van der Waals surface area contributed by atoms with Crippen molar-refractivity contribution in [2.75, 3.05) is 13.1 Å². The summed E-state index contributed by atoms with van der Waals surface area (Å²) in [5, 5.41) is 2.40. The molecule has 7 heteroatoms. The molecule has 0 unspecified atom stereocenters. The summed E-state index contributed by atoms with van der Waals surface area (Å²) in [5.41, 5.74) is 0. The number of aromatic nitrogens is 1. The molecule has 1 amide bonds. The molecule has 2 aromatic rings. The molecule has 0 N–H and O–H groups in total. The van der Waals surface area contributed by atoms with Crippen LogP contribution >= 0.6 is 38.9 Å². The van der Waals surface area contributed by atoms with E-state index >= 15 is 0 Å². The summed E-state index contributed by atoms with van der Waals surface area (Å²) in [7, 11) is 0. The topological polar surface area (TPSA) is 42.4 Å². The van der Waals surface area contributed by atoms with Crippen molar-refractivity contribution in [2.24, 2.45) is 0 Å². The minimum atomic E-state index is -0.0303. The fourth-order valence-corrected chi connectivity index (χ4v) is 3.78. The second kappa shape index (κ2) is 6.34. The number of pyridine rings is 1. The Balaban J connectivity index is 1.63. The summed E-state index contributed by atoms with van der Waals surface area (Å²) >= 11 is 10.8. The molecule has 0 saturated carbocycles. The molecule has 1 atom stereocenters. The van der Waals surface area contributed by atoms with Gasteiger partial charge in [0.1, 0.15) is 16.9 Å². The number of likely N-dealkylation sites (tertiary alicyclic amines) is 1. The fourth-order valence-electron chi connectivity index (χ4n) is 2.23. The zero-order valence-corrected chi connectivity index (χ0v) is 14.1. The van der Waals surface area contributed by atoms with Crippen LogP contribution in [0.5, 0.6) is 5.75 Å². The fraction of sp³-hybridized carbons (Fsp3) is 0.286. The average Bonchev–Trinajstić information content (AvgIpc) is 3.10. The summed E-state index contributed by atoms with van der Waals surface area (Å²) in [6, 6.07) is 3.59. The number of carbonyl (C=O) groups is 1. The van der Waals surface area contributed by atoms with E-state index in [-0.39, 0.29) is 12.0 Å². The maximum Gasteiger partial charge on any atom is 0.264 e. The number of hydrogen-bond donors (Lipinski definition) is 0. The van der Waals surface area contributed by atoms with Gasteiger partial charge in [0.15, 0.2) is 0 Å². The number of thiophene rings is 1. The number of halogens is 2. The summed E-state index contributed by atoms with van der Waals surface area (Å²) in [5.74, 6) is 0.669. The van der Waals surface area contributed by atoms with E-state index < -0.39 is 0 Å². The normalized spacial score (nSPS) is 18.0. The molecule has 0 bridgehead atoms. The van der Waals surface area contributed by atoms with Crippen molar-refractivity contribution in [3.63, 3.8) is 0 Å². The molecule has 1 saturated heterocycles. The minimum absolute atomic E-state index is 0.0303. The highest BCUT2D eigenvalue weighted by molar-refractivity contribution is 9.10. The van der Waals surface area contributed by atoms with Gasteiger partial charge in [-0.2, -0.15) is 0 Å². The molecule has 4 nitrogen and oxygen atoms in total. The van der Waals surface area contributed by atoms with Crippen molar-refractivity contribution in [2.45, 2.75) is 12.5 Å². The molecule has 2 aromatic heterocycles. The Hall–Kier alpha value is -1.11. The van der Waals surface area contributed by atoms with Crippen LogP contribution in [0.4, 0.5) is 0 Å². The molecule has 21 heavy (non-hydrogen) atoms. The SMILES string of the molecule is O=C(c1cc(Br)cs1)N1CC[C@@H](Oc2ccncc2Cl)C1. The van der Waals surface area contributed by atoms with Gasteiger partial charge in [-0.25, -0.2) is 0 Å². The first-order valence-corrected chi connectivity index (χ1v) is 8.48. The van der Waals surface area contributed by atoms with Gasteiger partial charge in [-0.1, -0.05) is 11.6 Å². The molecule has 3 heterocycles. The smallest absolute Gasteiger partial charge is 0.264 e. The number of rotatable bonds is 3. The summed E-state index contributed by atoms with van der Waals surface area (Å²) < 4.78 is 6.79. The maximum absolute atomic E-state index is 12.3. The van der Waals surface area contributed by atoms with E-state index in [0.29, 0.717) is 23.9 Å². The minimum Gasteiger partial charge on any atom is -0.487 e. The monoisotopic (exact) mass is 386 g/mol. The molecule has 0 spiro atoms. The predicted molar refractivity (Wildman–Crippen MR) is 86.2 cm³/mol. The van der Waals surface area contributed by atoms with Gasteiger partial charge in [0.05, 0.1) is 11.4 Å². The second-order valence-electron chi connectivity index (χ2n) is 4.71. The first-order valence-electron chi connectivity index (χ1n) is 6.43. The number of amides is 1. The molecule has 1 aliphatic heterocycles. The van der Waals surface area contributed by atoms with E-state index in [0.717, 1.165) is 15.8 Å². The molecule has 0 radical (unpaired) electrons. The van der Waals surface area contributed by atoms with Crippen LogP contribution in [0.1, 0.15) is 16.1 Å². The van der Waals surface area contributed by atoms with Crippen molar-refractivity contribution in [1.82, 2.24) is 9.88 Å². The van der Waals surface area contributed by atoms with Crippen molar-refractivity contribution in [1.29, 1.82) is 0 Å². The van der Waals surface area contributed by atoms with Crippen LogP contribution in [0.3, 0.4) is 0 Å². The van der Waals surface area contributed by atoms with Crippen molar-refractivity contribution >= 4 is 44.8 Å². The largest absolute Gasteiger partial charge is 0.487 e. The zero-order valence-electron chi connectivity index (χ0n) is 11.0. The van der Waals surface area contributed by atoms with Crippen LogP contribution in [0.2, 0.25) is 5.02 Å². The van der Waals surface area contributed by atoms with Crippen molar-refractivity contribution < 1.29 is 9.53 Å². The number of carbonyl (C=O) groups excluding carboxylic acids is 1. The highest BCUT2D eigenvalue weighted by Crippen LogP contribution is 2.27. The van der Waals surface area contributed by atoms with E-state index in [9.17, 15) is 4.79 Å². The van der Waals surface area contributed by atoms with Crippen molar-refractivity contribution in [3.05, 3.63) is 44.3 Å². The second-order valence-corrected chi connectivity index (χ2v) is 6.95. The molecule has 110 valence electrons. The maximum atomic E-state index is 12.3. The molecular formula is C14H12BrClN2O2S. The van der Waals surface area contributed by atoms with Crippen molar-refractivity contribution in [3.8, 4) is 5.75 Å². The van der Waals surface area contributed by atoms with E-state index in [4.69, 9.17) is 16.3 Å². The zero-order chi connectivity index (χ0) is 14.8. The van der Waals surface area contributed by atoms with E-state index in [1.165, 1.54) is 11.3 Å². The van der Waals surface area contributed by atoms with Crippen LogP contribution < -0.4 is 4.74 Å². The van der Waals surface area contributed by atoms with Gasteiger partial charge < -0.3 is 9.64 Å². The van der Waals surface area contributed by atoms with Gasteiger partial charge in [0.2, 0.25) is 0 Å². The summed E-state index contributed by atoms with van der Waals surface area (Å²) in [4.78, 5) is 18.8. The van der Waals surface area contributed by atoms with Crippen LogP contribution in [-0.2, 0) is 0 Å². The Morgan fingerprint density at radius 2 is 2.43 bits per heavy atom. The van der Waals surface area contributed by atoms with E-state index in [1.807, 2.05) is 16.3 Å². The Bertz CT molecular complexity index is 664. The number of nitrogens with zero attached hydrogens (tertiary/aromatic N) is 2. The van der Waals surface area contributed by atoms with Gasteiger partial charge in [-0.15, -0.1) is 11.3 Å². The molecule has 1 fully saturated rings. The van der Waals surface area contributed by atoms with E-state index in [1.54, 1.807) is 18.5 Å². The third-order valence-corrected chi connectivity index (χ3v) is 5.20. The van der Waals surface area contributed by atoms with Gasteiger partial charge in [0.25, 0.3) is 5.91 Å². The lowest BCUT2D eigenvalue weighted by Crippen LogP contribution is -2.30. The third kappa shape index (κ3) is 3.39. The van der Waals surface area contributed by atoms with Crippen LogP contribution in [-0.4, -0.2) is 35.0 Å². The first-order chi connectivity index (χ1) is 10.1. The van der Waals surface area contributed by atoms with Gasteiger partial charge in [-0.3, -0.25) is 9.78 Å². The quantitative estimate of drug-likeness (QED) is 0.803. The van der Waals surface area contributed by atoms with Gasteiger partial charge in [0, 0.05) is 41.3 Å². The third-order valence-electron chi connectivity index (χ3n) is 3.24. The lowest BCUT2D eigenvalue weighted by Gasteiger charge is -2.17.